The standard InChI is InChI=1S/C24H38N2O5.ClH/c1-17(2)11-9-7-8-10-12-22(27)26-16-19-13-14-20(21(15-19)29-6)31-23(28)30-18(3)24(4,5)25;/h9,11,13-15,17-18H,7-8,10,12,16,25H2,1-6H3,(H,26,27);1H. The highest BCUT2D eigenvalue weighted by atomic mass is 35.5. The number of nitrogens with two attached hydrogens (primary N) is 1. The molecule has 1 amide bonds. The van der Waals surface area contributed by atoms with E-state index in [1.807, 2.05) is 0 Å². The van der Waals surface area contributed by atoms with Gasteiger partial charge in [0.1, 0.15) is 6.10 Å². The maximum atomic E-state index is 12.1. The molecule has 0 saturated heterocycles. The van der Waals surface area contributed by atoms with Crippen LogP contribution in [0.5, 0.6) is 11.5 Å². The molecule has 7 nitrogen and oxygen atoms in total. The van der Waals surface area contributed by atoms with E-state index in [0.29, 0.717) is 24.6 Å². The lowest BCUT2D eigenvalue weighted by molar-refractivity contribution is -0.121. The first-order chi connectivity index (χ1) is 14.5. The fraction of sp³-hybridized carbons (Fsp3) is 0.583. The second kappa shape index (κ2) is 14.7. The van der Waals surface area contributed by atoms with E-state index < -0.39 is 17.8 Å². The van der Waals surface area contributed by atoms with Crippen LogP contribution in [0.15, 0.2) is 30.4 Å². The van der Waals surface area contributed by atoms with Gasteiger partial charge >= 0.3 is 6.16 Å². The molecule has 8 heteroatoms. The number of nitrogens with one attached hydrogen (secondary N) is 1. The van der Waals surface area contributed by atoms with Crippen molar-refractivity contribution in [1.29, 1.82) is 0 Å². The number of carbonyl (C=O) groups excluding carboxylic acids is 2. The van der Waals surface area contributed by atoms with Crippen LogP contribution in [0.3, 0.4) is 0 Å². The third-order valence-electron chi connectivity index (χ3n) is 4.78. The molecule has 182 valence electrons. The molecule has 0 aliphatic rings. The third kappa shape index (κ3) is 12.0. The molecule has 0 spiro atoms. The highest BCUT2D eigenvalue weighted by molar-refractivity contribution is 5.85. The van der Waals surface area contributed by atoms with Crippen LogP contribution in [0.25, 0.3) is 0 Å². The van der Waals surface area contributed by atoms with Crippen molar-refractivity contribution in [2.75, 3.05) is 7.11 Å². The molecule has 0 radical (unpaired) electrons. The van der Waals surface area contributed by atoms with Gasteiger partial charge in [0.25, 0.3) is 0 Å². The average molecular weight is 471 g/mol. The van der Waals surface area contributed by atoms with Gasteiger partial charge in [-0.25, -0.2) is 4.79 Å². The predicted molar refractivity (Wildman–Crippen MR) is 129 cm³/mol. The highest BCUT2D eigenvalue weighted by Gasteiger charge is 2.25. The summed E-state index contributed by atoms with van der Waals surface area (Å²) in [5.41, 5.74) is 6.07. The minimum Gasteiger partial charge on any atom is -0.493 e. The fourth-order valence-electron chi connectivity index (χ4n) is 2.52. The van der Waals surface area contributed by atoms with Gasteiger partial charge in [-0.3, -0.25) is 4.79 Å². The predicted octanol–water partition coefficient (Wildman–Crippen LogP) is 5.15. The van der Waals surface area contributed by atoms with Gasteiger partial charge in [0.05, 0.1) is 7.11 Å². The molecule has 3 N–H and O–H groups in total. The molecular weight excluding hydrogens is 432 g/mol. The van der Waals surface area contributed by atoms with Crippen molar-refractivity contribution in [3.8, 4) is 11.5 Å². The molecule has 1 atom stereocenters. The molecule has 0 heterocycles. The zero-order valence-electron chi connectivity index (χ0n) is 20.1. The number of hydrogen-bond donors (Lipinski definition) is 2. The molecule has 1 aromatic carbocycles. The van der Waals surface area contributed by atoms with Crippen LogP contribution in [-0.4, -0.2) is 30.8 Å². The van der Waals surface area contributed by atoms with Crippen LogP contribution in [-0.2, 0) is 16.1 Å². The average Bonchev–Trinajstić information content (AvgIpc) is 2.68. The number of halogens is 1. The second-order valence-corrected chi connectivity index (χ2v) is 8.61. The molecule has 0 aliphatic heterocycles. The summed E-state index contributed by atoms with van der Waals surface area (Å²) in [6, 6.07) is 5.09. The Morgan fingerprint density at radius 3 is 2.44 bits per heavy atom. The molecule has 0 aromatic heterocycles. The molecular formula is C24H39ClN2O5. The zero-order chi connectivity index (χ0) is 23.4. The Kier molecular flexibility index (Phi) is 13.7. The number of allylic oxidation sites excluding steroid dienone is 2. The van der Waals surface area contributed by atoms with Crippen molar-refractivity contribution >= 4 is 24.5 Å². The fourth-order valence-corrected chi connectivity index (χ4v) is 2.52. The number of unbranched alkanes of at least 4 members (excludes halogenated alkanes) is 2. The monoisotopic (exact) mass is 470 g/mol. The minimum absolute atomic E-state index is 0. The lowest BCUT2D eigenvalue weighted by Crippen LogP contribution is -2.46. The number of carbonyl (C=O) groups is 2. The summed E-state index contributed by atoms with van der Waals surface area (Å²) >= 11 is 0. The van der Waals surface area contributed by atoms with Crippen LogP contribution >= 0.6 is 12.4 Å². The van der Waals surface area contributed by atoms with Gasteiger partial charge in [-0.05, 0) is 63.6 Å². The number of hydrogen-bond acceptors (Lipinski definition) is 6. The van der Waals surface area contributed by atoms with Gasteiger partial charge < -0.3 is 25.3 Å². The maximum absolute atomic E-state index is 12.1. The normalized spacial score (nSPS) is 12.2. The van der Waals surface area contributed by atoms with Crippen molar-refractivity contribution in [2.24, 2.45) is 11.7 Å². The van der Waals surface area contributed by atoms with E-state index in [0.717, 1.165) is 24.8 Å². The van der Waals surface area contributed by atoms with E-state index in [4.69, 9.17) is 19.9 Å². The molecule has 0 aliphatic carbocycles. The third-order valence-corrected chi connectivity index (χ3v) is 4.78. The van der Waals surface area contributed by atoms with Gasteiger partial charge in [-0.15, -0.1) is 12.4 Å². The number of ether oxygens (including phenoxy) is 3. The van der Waals surface area contributed by atoms with Crippen molar-refractivity contribution in [1.82, 2.24) is 5.32 Å². The van der Waals surface area contributed by atoms with Crippen molar-refractivity contribution in [3.05, 3.63) is 35.9 Å². The van der Waals surface area contributed by atoms with Crippen LogP contribution in [0, 0.1) is 5.92 Å². The molecule has 0 fully saturated rings. The Bertz CT molecular complexity index is 744. The molecule has 32 heavy (non-hydrogen) atoms. The number of amides is 1. The van der Waals surface area contributed by atoms with E-state index in [1.165, 1.54) is 7.11 Å². The van der Waals surface area contributed by atoms with E-state index >= 15 is 0 Å². The summed E-state index contributed by atoms with van der Waals surface area (Å²) < 4.78 is 15.8. The Morgan fingerprint density at radius 1 is 1.16 bits per heavy atom. The summed E-state index contributed by atoms with van der Waals surface area (Å²) in [6.45, 7) is 9.88. The SMILES string of the molecule is COc1cc(CNC(=O)CCCCC=CC(C)C)ccc1OC(=O)OC(C)C(C)(C)N.Cl. The van der Waals surface area contributed by atoms with Crippen LogP contribution in [0.4, 0.5) is 4.79 Å². The first-order valence-electron chi connectivity index (χ1n) is 10.8. The minimum atomic E-state index is -0.853. The van der Waals surface area contributed by atoms with Gasteiger partial charge in [0.2, 0.25) is 5.91 Å². The first-order valence-corrected chi connectivity index (χ1v) is 10.8. The van der Waals surface area contributed by atoms with Crippen molar-refractivity contribution < 1.29 is 23.8 Å². The number of methoxy groups -OCH3 is 1. The van der Waals surface area contributed by atoms with Crippen molar-refractivity contribution in [3.63, 3.8) is 0 Å². The van der Waals surface area contributed by atoms with Gasteiger partial charge in [-0.2, -0.15) is 0 Å². The van der Waals surface area contributed by atoms with E-state index in [-0.39, 0.29) is 24.1 Å². The van der Waals surface area contributed by atoms with Crippen LogP contribution < -0.4 is 20.5 Å². The summed E-state index contributed by atoms with van der Waals surface area (Å²) in [5.74, 6) is 1.18. The van der Waals surface area contributed by atoms with Crippen LogP contribution in [0.1, 0.15) is 65.9 Å². The summed E-state index contributed by atoms with van der Waals surface area (Å²) in [5, 5.41) is 2.90. The van der Waals surface area contributed by atoms with E-state index in [9.17, 15) is 9.59 Å². The van der Waals surface area contributed by atoms with Crippen molar-refractivity contribution in [2.45, 2.75) is 78.5 Å². The molecule has 0 saturated carbocycles. The summed E-state index contributed by atoms with van der Waals surface area (Å²) in [7, 11) is 1.48. The Morgan fingerprint density at radius 2 is 1.84 bits per heavy atom. The van der Waals surface area contributed by atoms with Gasteiger partial charge in [-0.1, -0.05) is 32.1 Å². The van der Waals surface area contributed by atoms with Crippen LogP contribution in [0.2, 0.25) is 0 Å². The van der Waals surface area contributed by atoms with E-state index in [2.05, 4.69) is 31.3 Å². The lowest BCUT2D eigenvalue weighted by atomic mass is 10.0. The summed E-state index contributed by atoms with van der Waals surface area (Å²) in [4.78, 5) is 24.1. The molecule has 1 unspecified atom stereocenters. The molecule has 1 rings (SSSR count). The smallest absolute Gasteiger partial charge is 0.493 e. The highest BCUT2D eigenvalue weighted by Crippen LogP contribution is 2.28. The Balaban J connectivity index is 0.00000961. The largest absolute Gasteiger partial charge is 0.514 e. The van der Waals surface area contributed by atoms with E-state index in [1.54, 1.807) is 39.0 Å². The number of benzene rings is 1. The quantitative estimate of drug-likeness (QED) is 0.190. The molecule has 0 bridgehead atoms. The first kappa shape index (κ1) is 29.8. The maximum Gasteiger partial charge on any atom is 0.514 e. The van der Waals surface area contributed by atoms with Gasteiger partial charge in [0.15, 0.2) is 11.5 Å². The Labute approximate surface area is 198 Å². The Hall–Kier alpha value is -2.25. The lowest BCUT2D eigenvalue weighted by Gasteiger charge is -2.26. The molecule has 1 aromatic rings. The number of rotatable bonds is 12. The van der Waals surface area contributed by atoms with Gasteiger partial charge in [0, 0.05) is 18.5 Å². The zero-order valence-corrected chi connectivity index (χ0v) is 20.9. The summed E-state index contributed by atoms with van der Waals surface area (Å²) in [6.07, 6.45) is 6.31. The topological polar surface area (TPSA) is 99.9 Å². The second-order valence-electron chi connectivity index (χ2n) is 8.61.